The molecule has 2 heterocycles. The van der Waals surface area contributed by atoms with Crippen molar-refractivity contribution >= 4 is 72.4 Å². The molecule has 0 saturated carbocycles. The molecule has 1 aliphatic rings. The van der Waals surface area contributed by atoms with E-state index >= 15 is 0 Å². The molecular weight excluding hydrogens is 801 g/mol. The zero-order valence-electron chi connectivity index (χ0n) is 37.6. The second kappa shape index (κ2) is 14.9. The van der Waals surface area contributed by atoms with Crippen LogP contribution < -0.4 is 20.7 Å². The van der Waals surface area contributed by atoms with Crippen LogP contribution in [0.3, 0.4) is 0 Å². The summed E-state index contributed by atoms with van der Waals surface area (Å²) in [5, 5.41) is 10.6. The summed E-state index contributed by atoms with van der Waals surface area (Å²) < 4.78 is 4.99. The summed E-state index contributed by atoms with van der Waals surface area (Å²) in [6.07, 6.45) is 2.37. The summed E-state index contributed by atoms with van der Waals surface area (Å²) in [7, 11) is -2.94. The van der Waals surface area contributed by atoms with Gasteiger partial charge in [-0.25, -0.2) is 0 Å². The van der Waals surface area contributed by atoms with Gasteiger partial charge in [0.15, 0.2) is 8.07 Å². The quantitative estimate of drug-likeness (QED) is 0.112. The van der Waals surface area contributed by atoms with Crippen molar-refractivity contribution in [3.63, 3.8) is 0 Å². The van der Waals surface area contributed by atoms with E-state index < -0.39 is 8.07 Å². The van der Waals surface area contributed by atoms with Crippen molar-refractivity contribution in [3.05, 3.63) is 230 Å². The van der Waals surface area contributed by atoms with Gasteiger partial charge in [0.1, 0.15) is 0 Å². The predicted molar refractivity (Wildman–Crippen MR) is 279 cm³/mol. The molecule has 0 N–H and O–H groups in total. The van der Waals surface area contributed by atoms with E-state index in [1.807, 2.05) is 0 Å². The van der Waals surface area contributed by atoms with Gasteiger partial charge in [0, 0.05) is 38.5 Å². The van der Waals surface area contributed by atoms with Crippen molar-refractivity contribution < 1.29 is 0 Å². The standard InChI is InChI=1S/C62H52N2Si/c1-61(2)39-40-62(3,4)55-42-48(37-38-54(55)61)65(45-24-10-6-11-25-45,46-26-12-7-13-27-46)47-28-18-23-44(41-47)64-56-34-16-14-29-49(56)51-32-19-33-52(60(51)64)50-31-20-36-58-59(50)53-30-15-17-35-57(53)63(58)43-21-8-5-9-22-43/h5-38,41-42H,39-40H2,1-4H3. The summed E-state index contributed by atoms with van der Waals surface area (Å²) in [4.78, 5) is 0. The van der Waals surface area contributed by atoms with Crippen LogP contribution in [0.5, 0.6) is 0 Å². The lowest BCUT2D eigenvalue weighted by atomic mass is 9.63. The highest BCUT2D eigenvalue weighted by Crippen LogP contribution is 2.46. The first-order chi connectivity index (χ1) is 31.8. The van der Waals surface area contributed by atoms with E-state index in [2.05, 4.69) is 255 Å². The predicted octanol–water partition coefficient (Wildman–Crippen LogP) is 13.3. The zero-order chi connectivity index (χ0) is 43.9. The van der Waals surface area contributed by atoms with Gasteiger partial charge in [-0.3, -0.25) is 0 Å². The summed E-state index contributed by atoms with van der Waals surface area (Å²) in [6, 6.07) is 82.6. The van der Waals surface area contributed by atoms with Crippen molar-refractivity contribution in [1.29, 1.82) is 0 Å². The molecule has 2 nitrogen and oxygen atoms in total. The van der Waals surface area contributed by atoms with Crippen molar-refractivity contribution in [2.24, 2.45) is 0 Å². The van der Waals surface area contributed by atoms with Crippen LogP contribution in [0.1, 0.15) is 51.7 Å². The molecule has 9 aromatic carbocycles. The van der Waals surface area contributed by atoms with E-state index in [1.54, 1.807) is 0 Å². The molecule has 2 aromatic heterocycles. The zero-order valence-corrected chi connectivity index (χ0v) is 38.6. The summed E-state index contributed by atoms with van der Waals surface area (Å²) >= 11 is 0. The van der Waals surface area contributed by atoms with E-state index in [4.69, 9.17) is 0 Å². The molecule has 3 heteroatoms. The van der Waals surface area contributed by atoms with E-state index in [9.17, 15) is 0 Å². The van der Waals surface area contributed by atoms with E-state index in [0.29, 0.717) is 0 Å². The molecule has 12 rings (SSSR count). The molecule has 0 bridgehead atoms. The lowest BCUT2D eigenvalue weighted by molar-refractivity contribution is 0.332. The Kier molecular flexibility index (Phi) is 9.05. The normalized spacial score (nSPS) is 14.6. The fraction of sp³-hybridized carbons (Fsp3) is 0.129. The Labute approximate surface area is 383 Å². The monoisotopic (exact) mass is 852 g/mol. The van der Waals surface area contributed by atoms with Crippen LogP contribution in [0.25, 0.3) is 66.1 Å². The molecule has 0 fully saturated rings. The Morgan fingerprint density at radius 3 is 1.55 bits per heavy atom. The largest absolute Gasteiger partial charge is 0.309 e. The molecule has 314 valence electrons. The van der Waals surface area contributed by atoms with Crippen LogP contribution in [-0.2, 0) is 10.8 Å². The average molecular weight is 853 g/mol. The Morgan fingerprint density at radius 2 is 0.846 bits per heavy atom. The summed E-state index contributed by atoms with van der Waals surface area (Å²) in [5.74, 6) is 0. The Morgan fingerprint density at radius 1 is 0.354 bits per heavy atom. The van der Waals surface area contributed by atoms with Crippen molar-refractivity contribution in [2.45, 2.75) is 51.4 Å². The fourth-order valence-corrected chi connectivity index (χ4v) is 16.5. The summed E-state index contributed by atoms with van der Waals surface area (Å²) in [6.45, 7) is 9.79. The first-order valence-electron chi connectivity index (χ1n) is 23.2. The third-order valence-corrected chi connectivity index (χ3v) is 19.7. The minimum atomic E-state index is -2.94. The van der Waals surface area contributed by atoms with Gasteiger partial charge >= 0.3 is 0 Å². The third-order valence-electron chi connectivity index (χ3n) is 14.9. The highest BCUT2D eigenvalue weighted by molar-refractivity contribution is 7.20. The van der Waals surface area contributed by atoms with Crippen LogP contribution in [0, 0.1) is 0 Å². The number of aromatic nitrogens is 2. The molecule has 0 spiro atoms. The van der Waals surface area contributed by atoms with Crippen LogP contribution >= 0.6 is 0 Å². The highest BCUT2D eigenvalue weighted by atomic mass is 28.3. The molecule has 65 heavy (non-hydrogen) atoms. The first-order valence-corrected chi connectivity index (χ1v) is 25.2. The summed E-state index contributed by atoms with van der Waals surface area (Å²) in [5.41, 5.74) is 12.8. The Balaban J connectivity index is 1.16. The number of benzene rings is 9. The second-order valence-electron chi connectivity index (χ2n) is 19.5. The van der Waals surface area contributed by atoms with Crippen molar-refractivity contribution in [2.75, 3.05) is 0 Å². The van der Waals surface area contributed by atoms with Gasteiger partial charge in [-0.15, -0.1) is 0 Å². The first kappa shape index (κ1) is 39.4. The minimum Gasteiger partial charge on any atom is -0.309 e. The molecule has 0 atom stereocenters. The van der Waals surface area contributed by atoms with E-state index in [-0.39, 0.29) is 10.8 Å². The van der Waals surface area contributed by atoms with Gasteiger partial charge in [0.2, 0.25) is 0 Å². The van der Waals surface area contributed by atoms with Crippen molar-refractivity contribution in [3.8, 4) is 22.5 Å². The highest BCUT2D eigenvalue weighted by Gasteiger charge is 2.44. The fourth-order valence-electron chi connectivity index (χ4n) is 11.7. The number of nitrogens with zero attached hydrogens (tertiary/aromatic N) is 2. The number of fused-ring (bicyclic) bond motifs is 7. The van der Waals surface area contributed by atoms with Crippen LogP contribution in [0.2, 0.25) is 0 Å². The van der Waals surface area contributed by atoms with Gasteiger partial charge in [-0.05, 0) is 104 Å². The smallest absolute Gasteiger partial charge is 0.179 e. The van der Waals surface area contributed by atoms with Crippen LogP contribution in [-0.4, -0.2) is 17.2 Å². The molecular formula is C62H52N2Si. The molecule has 0 amide bonds. The third kappa shape index (κ3) is 5.99. The van der Waals surface area contributed by atoms with Gasteiger partial charge < -0.3 is 9.13 Å². The maximum absolute atomic E-state index is 2.94. The SMILES string of the molecule is CC1(C)CCC(C)(C)c2cc([Si](c3ccccc3)(c3ccccc3)c3cccc(-n4c5ccccc5c5cccc(-c6cccc7c6c6ccccc6n7-c6ccccc6)c54)c3)ccc21. The minimum absolute atomic E-state index is 0.0753. The molecule has 0 radical (unpaired) electrons. The molecule has 0 aliphatic heterocycles. The Bertz CT molecular complexity index is 3550. The van der Waals surface area contributed by atoms with E-state index in [0.717, 1.165) is 5.69 Å². The lowest BCUT2D eigenvalue weighted by Crippen LogP contribution is -2.75. The number of hydrogen-bond donors (Lipinski definition) is 0. The van der Waals surface area contributed by atoms with Crippen LogP contribution in [0.15, 0.2) is 218 Å². The molecule has 0 unspecified atom stereocenters. The number of hydrogen-bond acceptors (Lipinski definition) is 0. The maximum Gasteiger partial charge on any atom is 0.179 e. The average Bonchev–Trinajstić information content (AvgIpc) is 3.88. The molecule has 1 aliphatic carbocycles. The van der Waals surface area contributed by atoms with Crippen LogP contribution in [0.4, 0.5) is 0 Å². The second-order valence-corrected chi connectivity index (χ2v) is 23.3. The van der Waals surface area contributed by atoms with Gasteiger partial charge in [0.25, 0.3) is 0 Å². The Hall–Kier alpha value is -7.20. The van der Waals surface area contributed by atoms with Crippen molar-refractivity contribution in [1.82, 2.24) is 9.13 Å². The lowest BCUT2D eigenvalue weighted by Gasteiger charge is -2.43. The molecule has 0 saturated heterocycles. The topological polar surface area (TPSA) is 9.86 Å². The maximum atomic E-state index is 2.64. The molecule has 11 aromatic rings. The van der Waals surface area contributed by atoms with E-state index in [1.165, 1.54) is 105 Å². The number of rotatable bonds is 7. The van der Waals surface area contributed by atoms with Gasteiger partial charge in [0.05, 0.1) is 22.1 Å². The van der Waals surface area contributed by atoms with Gasteiger partial charge in [-0.2, -0.15) is 0 Å². The number of para-hydroxylation sites is 4. The van der Waals surface area contributed by atoms with Gasteiger partial charge in [-0.1, -0.05) is 204 Å².